The van der Waals surface area contributed by atoms with Gasteiger partial charge in [-0.2, -0.15) is 4.98 Å². The van der Waals surface area contributed by atoms with Crippen molar-refractivity contribution in [3.8, 4) is 0 Å². The van der Waals surface area contributed by atoms with Gasteiger partial charge in [-0.25, -0.2) is 0 Å². The molecular formula is C17H25N5O3. The minimum absolute atomic E-state index is 0.0120. The number of hydrogen-bond donors (Lipinski definition) is 1. The number of nitrogens with zero attached hydrogens (tertiary/aromatic N) is 4. The molecule has 1 aliphatic heterocycles. The summed E-state index contributed by atoms with van der Waals surface area (Å²) in [6, 6.07) is 3.66. The minimum atomic E-state index is -0.121. The zero-order valence-electron chi connectivity index (χ0n) is 14.9. The van der Waals surface area contributed by atoms with E-state index in [0.29, 0.717) is 18.3 Å². The maximum absolute atomic E-state index is 12.2. The molecule has 3 heterocycles. The highest BCUT2D eigenvalue weighted by Gasteiger charge is 2.26. The molecule has 1 N–H and O–H groups in total. The van der Waals surface area contributed by atoms with E-state index in [1.54, 1.807) is 6.26 Å². The van der Waals surface area contributed by atoms with Crippen LogP contribution in [0.4, 0.5) is 0 Å². The van der Waals surface area contributed by atoms with Crippen molar-refractivity contribution < 1.29 is 13.7 Å². The molecule has 8 heteroatoms. The molecular weight excluding hydrogens is 322 g/mol. The highest BCUT2D eigenvalue weighted by atomic mass is 16.5. The molecule has 136 valence electrons. The van der Waals surface area contributed by atoms with Crippen LogP contribution in [0.3, 0.4) is 0 Å². The van der Waals surface area contributed by atoms with Crippen LogP contribution >= 0.6 is 0 Å². The lowest BCUT2D eigenvalue weighted by atomic mass is 10.2. The van der Waals surface area contributed by atoms with E-state index in [4.69, 9.17) is 8.94 Å². The van der Waals surface area contributed by atoms with Gasteiger partial charge >= 0.3 is 0 Å². The van der Waals surface area contributed by atoms with Crippen molar-refractivity contribution in [1.29, 1.82) is 0 Å². The average molecular weight is 347 g/mol. The topological polar surface area (TPSA) is 87.6 Å². The summed E-state index contributed by atoms with van der Waals surface area (Å²) in [4.78, 5) is 21.0. The summed E-state index contributed by atoms with van der Waals surface area (Å²) >= 11 is 0. The molecule has 8 nitrogen and oxygen atoms in total. The summed E-state index contributed by atoms with van der Waals surface area (Å²) in [5, 5.41) is 6.82. The predicted molar refractivity (Wildman–Crippen MR) is 90.7 cm³/mol. The molecule has 0 aromatic carbocycles. The monoisotopic (exact) mass is 347 g/mol. The van der Waals surface area contributed by atoms with Crippen LogP contribution in [0, 0.1) is 6.92 Å². The van der Waals surface area contributed by atoms with Gasteiger partial charge < -0.3 is 14.3 Å². The summed E-state index contributed by atoms with van der Waals surface area (Å²) in [5.74, 6) is 2.08. The molecule has 1 fully saturated rings. The number of aryl methyl sites for hydroxylation is 1. The Balaban J connectivity index is 1.43. The number of carbonyl (C=O) groups excluding carboxylic acids is 1. The first kappa shape index (κ1) is 17.6. The second-order valence-corrected chi connectivity index (χ2v) is 6.47. The van der Waals surface area contributed by atoms with Crippen LogP contribution in [-0.2, 0) is 4.79 Å². The fourth-order valence-electron chi connectivity index (χ4n) is 3.05. The van der Waals surface area contributed by atoms with E-state index in [1.807, 2.05) is 26.0 Å². The molecule has 2 aromatic rings. The lowest BCUT2D eigenvalue weighted by molar-refractivity contribution is -0.123. The Hall–Kier alpha value is -2.19. The third-order valence-electron chi connectivity index (χ3n) is 4.57. The number of hydrogen-bond acceptors (Lipinski definition) is 7. The Bertz CT molecular complexity index is 676. The zero-order valence-corrected chi connectivity index (χ0v) is 14.9. The van der Waals surface area contributed by atoms with Crippen LogP contribution in [-0.4, -0.2) is 58.6 Å². The van der Waals surface area contributed by atoms with Crippen molar-refractivity contribution in [3.05, 3.63) is 35.9 Å². The van der Waals surface area contributed by atoms with Crippen molar-refractivity contribution >= 4 is 5.91 Å². The van der Waals surface area contributed by atoms with E-state index in [9.17, 15) is 4.79 Å². The smallest absolute Gasteiger partial charge is 0.243 e. The maximum Gasteiger partial charge on any atom is 0.243 e. The molecule has 0 aliphatic carbocycles. The summed E-state index contributed by atoms with van der Waals surface area (Å²) in [6.45, 7) is 9.60. The van der Waals surface area contributed by atoms with Crippen LogP contribution in [0.15, 0.2) is 27.3 Å². The van der Waals surface area contributed by atoms with Gasteiger partial charge in [0.25, 0.3) is 0 Å². The summed E-state index contributed by atoms with van der Waals surface area (Å²) in [7, 11) is 0. The largest absolute Gasteiger partial charge is 0.467 e. The lowest BCUT2D eigenvalue weighted by Crippen LogP contribution is -2.50. The third-order valence-corrected chi connectivity index (χ3v) is 4.57. The van der Waals surface area contributed by atoms with Gasteiger partial charge in [-0.3, -0.25) is 14.6 Å². The van der Waals surface area contributed by atoms with Crippen LogP contribution < -0.4 is 5.32 Å². The fourth-order valence-corrected chi connectivity index (χ4v) is 3.05. The van der Waals surface area contributed by atoms with Crippen LogP contribution in [0.1, 0.15) is 43.4 Å². The maximum atomic E-state index is 12.2. The van der Waals surface area contributed by atoms with Gasteiger partial charge in [0.05, 0.1) is 24.9 Å². The SMILES string of the molecule is Cc1noc([C@@H](C)N2CCN(CC(=O)N[C@H](C)c3ccco3)CC2)n1. The van der Waals surface area contributed by atoms with Crippen LogP contribution in [0.2, 0.25) is 0 Å². The second kappa shape index (κ2) is 7.79. The molecule has 2 atom stereocenters. The van der Waals surface area contributed by atoms with Gasteiger partial charge in [-0.05, 0) is 32.9 Å². The zero-order chi connectivity index (χ0) is 17.8. The number of aromatic nitrogens is 2. The molecule has 3 rings (SSSR count). The minimum Gasteiger partial charge on any atom is -0.467 e. The molecule has 1 saturated heterocycles. The normalized spacial score (nSPS) is 18.8. The quantitative estimate of drug-likeness (QED) is 0.848. The molecule has 0 saturated carbocycles. The van der Waals surface area contributed by atoms with Crippen molar-refractivity contribution in [2.75, 3.05) is 32.7 Å². The van der Waals surface area contributed by atoms with Crippen molar-refractivity contribution in [2.24, 2.45) is 0 Å². The number of nitrogens with one attached hydrogen (secondary N) is 1. The lowest BCUT2D eigenvalue weighted by Gasteiger charge is -2.36. The van der Waals surface area contributed by atoms with E-state index in [1.165, 1.54) is 0 Å². The Morgan fingerprint density at radius 3 is 2.68 bits per heavy atom. The van der Waals surface area contributed by atoms with E-state index < -0.39 is 0 Å². The highest BCUT2D eigenvalue weighted by molar-refractivity contribution is 5.78. The summed E-state index contributed by atoms with van der Waals surface area (Å²) in [6.07, 6.45) is 1.61. The number of piperazine rings is 1. The molecule has 1 aliphatic rings. The van der Waals surface area contributed by atoms with Gasteiger partial charge in [0, 0.05) is 26.2 Å². The van der Waals surface area contributed by atoms with Crippen molar-refractivity contribution in [2.45, 2.75) is 32.9 Å². The summed E-state index contributed by atoms with van der Waals surface area (Å²) in [5.41, 5.74) is 0. The first-order valence-electron chi connectivity index (χ1n) is 8.62. The average Bonchev–Trinajstić information content (AvgIpc) is 3.26. The molecule has 2 aromatic heterocycles. The number of rotatable bonds is 6. The first-order valence-corrected chi connectivity index (χ1v) is 8.62. The number of carbonyl (C=O) groups is 1. The van der Waals surface area contributed by atoms with E-state index in [0.717, 1.165) is 31.9 Å². The Morgan fingerprint density at radius 1 is 1.32 bits per heavy atom. The van der Waals surface area contributed by atoms with E-state index >= 15 is 0 Å². The van der Waals surface area contributed by atoms with E-state index in [-0.39, 0.29) is 18.0 Å². The standard InChI is InChI=1S/C17H25N5O3/c1-12(15-5-4-10-24-15)18-16(23)11-21-6-8-22(9-7-21)13(2)17-19-14(3)20-25-17/h4-5,10,12-13H,6-9,11H2,1-3H3,(H,18,23)/t12-,13-/m1/s1. The molecule has 0 spiro atoms. The van der Waals surface area contributed by atoms with Crippen LogP contribution in [0.5, 0.6) is 0 Å². The van der Waals surface area contributed by atoms with Crippen molar-refractivity contribution in [3.63, 3.8) is 0 Å². The molecule has 25 heavy (non-hydrogen) atoms. The Morgan fingerprint density at radius 2 is 2.08 bits per heavy atom. The molecule has 1 amide bonds. The third kappa shape index (κ3) is 4.46. The second-order valence-electron chi connectivity index (χ2n) is 6.47. The molecule has 0 bridgehead atoms. The molecule has 0 radical (unpaired) electrons. The number of furan rings is 1. The van der Waals surface area contributed by atoms with Crippen LogP contribution in [0.25, 0.3) is 0 Å². The first-order chi connectivity index (χ1) is 12.0. The number of amides is 1. The van der Waals surface area contributed by atoms with Gasteiger partial charge in [0.2, 0.25) is 11.8 Å². The Kier molecular flexibility index (Phi) is 5.50. The fraction of sp³-hybridized carbons (Fsp3) is 0.588. The summed E-state index contributed by atoms with van der Waals surface area (Å²) < 4.78 is 10.6. The van der Waals surface area contributed by atoms with Gasteiger partial charge in [0.15, 0.2) is 5.82 Å². The highest BCUT2D eigenvalue weighted by Crippen LogP contribution is 2.20. The van der Waals surface area contributed by atoms with Gasteiger partial charge in [-0.15, -0.1) is 0 Å². The molecule has 0 unspecified atom stereocenters. The van der Waals surface area contributed by atoms with Crippen molar-refractivity contribution in [1.82, 2.24) is 25.3 Å². The van der Waals surface area contributed by atoms with E-state index in [2.05, 4.69) is 32.2 Å². The predicted octanol–water partition coefficient (Wildman–Crippen LogP) is 1.53. The van der Waals surface area contributed by atoms with Gasteiger partial charge in [0.1, 0.15) is 5.76 Å². The van der Waals surface area contributed by atoms with Gasteiger partial charge in [-0.1, -0.05) is 5.16 Å². The Labute approximate surface area is 147 Å².